The SMILES string of the molecule is NCc1ncc(CCCO)cn1. The lowest BCUT2D eigenvalue weighted by molar-refractivity contribution is 0.288. The average molecular weight is 167 g/mol. The maximum Gasteiger partial charge on any atom is 0.141 e. The van der Waals surface area contributed by atoms with Crippen molar-refractivity contribution in [2.45, 2.75) is 19.4 Å². The molecular weight excluding hydrogens is 154 g/mol. The largest absolute Gasteiger partial charge is 0.396 e. The number of aliphatic hydroxyl groups is 1. The first kappa shape index (κ1) is 9.09. The van der Waals surface area contributed by atoms with Crippen LogP contribution in [-0.4, -0.2) is 21.7 Å². The van der Waals surface area contributed by atoms with Crippen LogP contribution in [0.4, 0.5) is 0 Å². The van der Waals surface area contributed by atoms with Gasteiger partial charge in [-0.1, -0.05) is 0 Å². The number of aryl methyl sites for hydroxylation is 1. The monoisotopic (exact) mass is 167 g/mol. The summed E-state index contributed by atoms with van der Waals surface area (Å²) in [5, 5.41) is 8.57. The number of hydrogen-bond acceptors (Lipinski definition) is 4. The molecule has 0 fully saturated rings. The van der Waals surface area contributed by atoms with Crippen LogP contribution in [0.2, 0.25) is 0 Å². The molecule has 66 valence electrons. The van der Waals surface area contributed by atoms with E-state index in [1.807, 2.05) is 0 Å². The molecular formula is C8H13N3O. The lowest BCUT2D eigenvalue weighted by atomic mass is 10.2. The molecule has 1 aromatic rings. The smallest absolute Gasteiger partial charge is 0.141 e. The Labute approximate surface area is 71.5 Å². The molecule has 0 spiro atoms. The van der Waals surface area contributed by atoms with Gasteiger partial charge in [-0.2, -0.15) is 0 Å². The Morgan fingerprint density at radius 3 is 2.50 bits per heavy atom. The minimum absolute atomic E-state index is 0.207. The second-order valence-corrected chi connectivity index (χ2v) is 2.54. The summed E-state index contributed by atoms with van der Waals surface area (Å²) in [7, 11) is 0. The normalized spacial score (nSPS) is 10.2. The molecule has 1 aromatic heterocycles. The third-order valence-corrected chi connectivity index (χ3v) is 1.56. The molecule has 0 amide bonds. The van der Waals surface area contributed by atoms with E-state index in [-0.39, 0.29) is 6.61 Å². The van der Waals surface area contributed by atoms with Crippen molar-refractivity contribution in [1.29, 1.82) is 0 Å². The third-order valence-electron chi connectivity index (χ3n) is 1.56. The van der Waals surface area contributed by atoms with E-state index in [9.17, 15) is 0 Å². The molecule has 1 heterocycles. The Balaban J connectivity index is 2.53. The summed E-state index contributed by atoms with van der Waals surface area (Å²) in [5.41, 5.74) is 6.38. The zero-order valence-corrected chi connectivity index (χ0v) is 6.90. The molecule has 12 heavy (non-hydrogen) atoms. The van der Waals surface area contributed by atoms with E-state index in [4.69, 9.17) is 10.8 Å². The summed E-state index contributed by atoms with van der Waals surface area (Å²) in [5.74, 6) is 0.655. The van der Waals surface area contributed by atoms with Crippen molar-refractivity contribution in [2.24, 2.45) is 5.73 Å². The van der Waals surface area contributed by atoms with Crippen molar-refractivity contribution >= 4 is 0 Å². The highest BCUT2D eigenvalue weighted by molar-refractivity contribution is 5.05. The minimum Gasteiger partial charge on any atom is -0.396 e. The van der Waals surface area contributed by atoms with Crippen LogP contribution < -0.4 is 5.73 Å². The van der Waals surface area contributed by atoms with Crippen molar-refractivity contribution in [3.63, 3.8) is 0 Å². The Bertz CT molecular complexity index is 222. The van der Waals surface area contributed by atoms with Crippen LogP contribution in [0.15, 0.2) is 12.4 Å². The van der Waals surface area contributed by atoms with Gasteiger partial charge < -0.3 is 10.8 Å². The van der Waals surface area contributed by atoms with Crippen molar-refractivity contribution in [3.05, 3.63) is 23.8 Å². The molecule has 1 rings (SSSR count). The Kier molecular flexibility index (Phi) is 3.63. The van der Waals surface area contributed by atoms with Gasteiger partial charge in [0.2, 0.25) is 0 Å². The summed E-state index contributed by atoms with van der Waals surface area (Å²) in [4.78, 5) is 8.06. The number of hydrogen-bond donors (Lipinski definition) is 2. The summed E-state index contributed by atoms with van der Waals surface area (Å²) in [6.07, 6.45) is 5.09. The van der Waals surface area contributed by atoms with E-state index in [0.717, 1.165) is 18.4 Å². The van der Waals surface area contributed by atoms with Crippen molar-refractivity contribution in [1.82, 2.24) is 9.97 Å². The maximum absolute atomic E-state index is 8.57. The van der Waals surface area contributed by atoms with Gasteiger partial charge in [0.1, 0.15) is 5.82 Å². The zero-order chi connectivity index (χ0) is 8.81. The van der Waals surface area contributed by atoms with Gasteiger partial charge in [-0.3, -0.25) is 0 Å². The lowest BCUT2D eigenvalue weighted by Gasteiger charge is -1.98. The molecule has 4 heteroatoms. The average Bonchev–Trinajstić information content (AvgIpc) is 2.15. The molecule has 0 atom stereocenters. The maximum atomic E-state index is 8.57. The first-order chi connectivity index (χ1) is 5.86. The first-order valence-electron chi connectivity index (χ1n) is 3.97. The van der Waals surface area contributed by atoms with E-state index >= 15 is 0 Å². The molecule has 0 aliphatic heterocycles. The van der Waals surface area contributed by atoms with Crippen LogP contribution in [0.5, 0.6) is 0 Å². The van der Waals surface area contributed by atoms with Crippen LogP contribution in [0, 0.1) is 0 Å². The van der Waals surface area contributed by atoms with Gasteiger partial charge in [-0.05, 0) is 18.4 Å². The van der Waals surface area contributed by atoms with Gasteiger partial charge in [0.25, 0.3) is 0 Å². The van der Waals surface area contributed by atoms with Crippen molar-refractivity contribution in [2.75, 3.05) is 6.61 Å². The van der Waals surface area contributed by atoms with Crippen molar-refractivity contribution < 1.29 is 5.11 Å². The number of aromatic nitrogens is 2. The van der Waals surface area contributed by atoms with Gasteiger partial charge in [-0.25, -0.2) is 9.97 Å². The van der Waals surface area contributed by atoms with Gasteiger partial charge in [0, 0.05) is 19.0 Å². The number of nitrogens with two attached hydrogens (primary N) is 1. The minimum atomic E-state index is 0.207. The predicted molar refractivity (Wildman–Crippen MR) is 45.3 cm³/mol. The van der Waals surface area contributed by atoms with Crippen molar-refractivity contribution in [3.8, 4) is 0 Å². The van der Waals surface area contributed by atoms with Gasteiger partial charge in [0.15, 0.2) is 0 Å². The van der Waals surface area contributed by atoms with Crippen LogP contribution in [0.1, 0.15) is 17.8 Å². The number of nitrogens with zero attached hydrogens (tertiary/aromatic N) is 2. The van der Waals surface area contributed by atoms with E-state index < -0.39 is 0 Å². The standard InChI is InChI=1S/C8H13N3O/c9-4-8-10-5-7(6-11-8)2-1-3-12/h5-6,12H,1-4,9H2. The molecule has 0 saturated heterocycles. The van der Waals surface area contributed by atoms with Crippen LogP contribution in [0.25, 0.3) is 0 Å². The second-order valence-electron chi connectivity index (χ2n) is 2.54. The molecule has 0 bridgehead atoms. The second kappa shape index (κ2) is 4.79. The summed E-state index contributed by atoms with van der Waals surface area (Å²) in [6, 6.07) is 0. The van der Waals surface area contributed by atoms with E-state index in [1.54, 1.807) is 12.4 Å². The van der Waals surface area contributed by atoms with E-state index in [1.165, 1.54) is 0 Å². The number of aliphatic hydroxyl groups excluding tert-OH is 1. The quantitative estimate of drug-likeness (QED) is 0.654. The summed E-state index contributed by atoms with van der Waals surface area (Å²) >= 11 is 0. The predicted octanol–water partition coefficient (Wildman–Crippen LogP) is -0.140. The highest BCUT2D eigenvalue weighted by Crippen LogP contribution is 1.99. The molecule has 4 nitrogen and oxygen atoms in total. The highest BCUT2D eigenvalue weighted by Gasteiger charge is 1.94. The summed E-state index contributed by atoms with van der Waals surface area (Å²) < 4.78 is 0. The van der Waals surface area contributed by atoms with Crippen LogP contribution in [0.3, 0.4) is 0 Å². The van der Waals surface area contributed by atoms with Crippen LogP contribution in [-0.2, 0) is 13.0 Å². The molecule has 0 aliphatic carbocycles. The van der Waals surface area contributed by atoms with Gasteiger partial charge in [-0.15, -0.1) is 0 Å². The number of rotatable bonds is 4. The summed E-state index contributed by atoms with van der Waals surface area (Å²) in [6.45, 7) is 0.582. The molecule has 0 unspecified atom stereocenters. The van der Waals surface area contributed by atoms with E-state index in [0.29, 0.717) is 12.4 Å². The van der Waals surface area contributed by atoms with Crippen LogP contribution >= 0.6 is 0 Å². The molecule has 0 aromatic carbocycles. The Morgan fingerprint density at radius 2 is 2.00 bits per heavy atom. The highest BCUT2D eigenvalue weighted by atomic mass is 16.2. The fourth-order valence-electron chi connectivity index (χ4n) is 0.899. The molecule has 3 N–H and O–H groups in total. The topological polar surface area (TPSA) is 72.0 Å². The Hall–Kier alpha value is -1.00. The zero-order valence-electron chi connectivity index (χ0n) is 6.90. The fraction of sp³-hybridized carbons (Fsp3) is 0.500. The first-order valence-corrected chi connectivity index (χ1v) is 3.97. The van der Waals surface area contributed by atoms with E-state index in [2.05, 4.69) is 9.97 Å². The van der Waals surface area contributed by atoms with Gasteiger partial charge in [0.05, 0.1) is 6.54 Å². The Morgan fingerprint density at radius 1 is 1.33 bits per heavy atom. The van der Waals surface area contributed by atoms with Gasteiger partial charge >= 0.3 is 0 Å². The molecule has 0 aliphatic rings. The lowest BCUT2D eigenvalue weighted by Crippen LogP contribution is -2.03. The molecule has 0 saturated carbocycles. The molecule has 0 radical (unpaired) electrons. The fourth-order valence-corrected chi connectivity index (χ4v) is 0.899. The third kappa shape index (κ3) is 2.56.